The average Bonchev–Trinajstić information content (AvgIpc) is 2.18. The highest BCUT2D eigenvalue weighted by Crippen LogP contribution is 2.26. The number of ketones is 1. The number of benzene rings is 2. The van der Waals surface area contributed by atoms with E-state index in [-0.39, 0.29) is 35.6 Å². The van der Waals surface area contributed by atoms with Crippen LogP contribution in [0.1, 0.15) is 17.3 Å². The summed E-state index contributed by atoms with van der Waals surface area (Å²) in [6.07, 6.45) is 0. The van der Waals surface area contributed by atoms with Crippen molar-refractivity contribution in [2.75, 3.05) is 0 Å². The molecule has 4 heteroatoms. The molecular weight excluding hydrogens is 302 g/mol. The van der Waals surface area contributed by atoms with Gasteiger partial charge in [-0.2, -0.15) is 0 Å². The Bertz CT molecular complexity index is 513. The predicted octanol–water partition coefficient (Wildman–Crippen LogP) is 3.85. The third kappa shape index (κ3) is 2.87. The quantitative estimate of drug-likeness (QED) is 0.577. The Kier molecular flexibility index (Phi) is 6.29. The second kappa shape index (κ2) is 6.42. The third-order valence-corrected chi connectivity index (χ3v) is 2.94. The summed E-state index contributed by atoms with van der Waals surface area (Å²) in [5.74, 6) is 0.105. The molecule has 0 atom stereocenters. The maximum absolute atomic E-state index is 11.4. The molecule has 0 aromatic heterocycles. The highest BCUT2D eigenvalue weighted by atomic mass is 79.9. The topological polar surface area (TPSA) is 17.1 Å². The molecule has 0 bridgehead atoms. The van der Waals surface area contributed by atoms with E-state index in [4.69, 9.17) is 0 Å². The van der Waals surface area contributed by atoms with Crippen LogP contribution in [0.15, 0.2) is 40.9 Å². The molecule has 0 N–H and O–H groups in total. The molecule has 0 heterocycles. The molecule has 0 aliphatic heterocycles. The largest absolute Gasteiger partial charge is 0.294 e. The van der Waals surface area contributed by atoms with E-state index >= 15 is 0 Å². The predicted molar refractivity (Wildman–Crippen MR) is 74.7 cm³/mol. The first-order valence-electron chi connectivity index (χ1n) is 4.38. The maximum atomic E-state index is 11.4. The number of halogens is 2. The first-order valence-corrected chi connectivity index (χ1v) is 5.17. The number of rotatable bonds is 1. The Morgan fingerprint density at radius 3 is 2.19 bits per heavy atom. The lowest BCUT2D eigenvalue weighted by Crippen LogP contribution is -1.93. The monoisotopic (exact) mass is 311 g/mol. The van der Waals surface area contributed by atoms with E-state index in [1.165, 1.54) is 0 Å². The average molecular weight is 313 g/mol. The maximum Gasteiger partial charge on any atom is 0.160 e. The highest BCUT2D eigenvalue weighted by molar-refractivity contribution is 9.10. The molecule has 0 fully saturated rings. The van der Waals surface area contributed by atoms with Crippen molar-refractivity contribution in [2.45, 2.75) is 6.92 Å². The van der Waals surface area contributed by atoms with Gasteiger partial charge >= 0.3 is 0 Å². The normalized spacial score (nSPS) is 9.12. The Labute approximate surface area is 120 Å². The van der Waals surface area contributed by atoms with Crippen molar-refractivity contribution < 1.29 is 4.79 Å². The van der Waals surface area contributed by atoms with Gasteiger partial charge in [-0.15, -0.1) is 12.4 Å². The van der Waals surface area contributed by atoms with Gasteiger partial charge in [-0.1, -0.05) is 40.2 Å². The summed E-state index contributed by atoms with van der Waals surface area (Å²) >= 11 is 3.47. The molecule has 2 aromatic rings. The zero-order valence-corrected chi connectivity index (χ0v) is 12.3. The summed E-state index contributed by atoms with van der Waals surface area (Å²) in [5.41, 5.74) is 0.781. The molecule has 2 rings (SSSR count). The number of hydrogen-bond donors (Lipinski definition) is 0. The SMILES string of the molecule is CC(=O)c1ccc(Br)c2ccccc12.Cl.[Al]. The minimum Gasteiger partial charge on any atom is -0.294 e. The van der Waals surface area contributed by atoms with Crippen molar-refractivity contribution in [3.8, 4) is 0 Å². The van der Waals surface area contributed by atoms with Gasteiger partial charge in [-0.25, -0.2) is 0 Å². The highest BCUT2D eigenvalue weighted by Gasteiger charge is 2.06. The van der Waals surface area contributed by atoms with Crippen LogP contribution in [0.25, 0.3) is 10.8 Å². The number of fused-ring (bicyclic) bond motifs is 1. The van der Waals surface area contributed by atoms with E-state index < -0.39 is 0 Å². The van der Waals surface area contributed by atoms with E-state index in [1.54, 1.807) is 6.92 Å². The van der Waals surface area contributed by atoms with E-state index in [0.29, 0.717) is 0 Å². The fourth-order valence-electron chi connectivity index (χ4n) is 1.57. The van der Waals surface area contributed by atoms with Gasteiger partial charge in [0.05, 0.1) is 0 Å². The molecule has 0 saturated heterocycles. The van der Waals surface area contributed by atoms with Crippen molar-refractivity contribution in [2.24, 2.45) is 0 Å². The minimum absolute atomic E-state index is 0. The van der Waals surface area contributed by atoms with Crippen molar-refractivity contribution in [1.82, 2.24) is 0 Å². The fraction of sp³-hybridized carbons (Fsp3) is 0.0833. The van der Waals surface area contributed by atoms with Crippen molar-refractivity contribution in [3.63, 3.8) is 0 Å². The van der Waals surface area contributed by atoms with Gasteiger partial charge in [0.25, 0.3) is 0 Å². The van der Waals surface area contributed by atoms with Crippen molar-refractivity contribution >= 4 is 62.3 Å². The number of hydrogen-bond acceptors (Lipinski definition) is 1. The van der Waals surface area contributed by atoms with Crippen LogP contribution >= 0.6 is 28.3 Å². The van der Waals surface area contributed by atoms with Crippen LogP contribution in [0.3, 0.4) is 0 Å². The molecule has 81 valence electrons. The number of carbonyl (C=O) groups excluding carboxylic acids is 1. The summed E-state index contributed by atoms with van der Waals surface area (Å²) in [5, 5.41) is 2.09. The standard InChI is InChI=1S/C12H9BrO.Al.ClH/c1-8(14)9-6-7-12(13)11-5-3-2-4-10(9)11;;/h2-7H,1H3;;1H. The fourth-order valence-corrected chi connectivity index (χ4v) is 2.05. The van der Waals surface area contributed by atoms with Gasteiger partial charge in [0, 0.05) is 27.4 Å². The van der Waals surface area contributed by atoms with E-state index in [9.17, 15) is 4.79 Å². The third-order valence-electron chi connectivity index (χ3n) is 2.25. The molecule has 0 amide bonds. The first-order chi connectivity index (χ1) is 6.70. The van der Waals surface area contributed by atoms with Crippen LogP contribution < -0.4 is 0 Å². The molecule has 0 aliphatic carbocycles. The second-order valence-electron chi connectivity index (χ2n) is 3.20. The number of Topliss-reactive ketones (excluding diaryl/α,β-unsaturated/α-hetero) is 1. The van der Waals surface area contributed by atoms with E-state index in [1.807, 2.05) is 36.4 Å². The van der Waals surface area contributed by atoms with Gasteiger partial charge in [0.15, 0.2) is 5.78 Å². The van der Waals surface area contributed by atoms with Gasteiger partial charge in [0.1, 0.15) is 0 Å². The lowest BCUT2D eigenvalue weighted by Gasteiger charge is -2.04. The van der Waals surface area contributed by atoms with Crippen molar-refractivity contribution in [1.29, 1.82) is 0 Å². The van der Waals surface area contributed by atoms with E-state index in [0.717, 1.165) is 20.8 Å². The van der Waals surface area contributed by atoms with Crippen molar-refractivity contribution in [3.05, 3.63) is 46.4 Å². The summed E-state index contributed by atoms with van der Waals surface area (Å²) in [6, 6.07) is 11.7. The Morgan fingerprint density at radius 2 is 1.62 bits per heavy atom. The van der Waals surface area contributed by atoms with Crippen LogP contribution in [0.2, 0.25) is 0 Å². The first kappa shape index (κ1) is 15.7. The summed E-state index contributed by atoms with van der Waals surface area (Å²) in [6.45, 7) is 1.59. The number of carbonyl (C=O) groups is 1. The molecule has 0 aliphatic rings. The molecule has 2 aromatic carbocycles. The molecule has 0 unspecified atom stereocenters. The van der Waals surface area contributed by atoms with Gasteiger partial charge in [0.2, 0.25) is 0 Å². The summed E-state index contributed by atoms with van der Waals surface area (Å²) in [7, 11) is 0. The van der Waals surface area contributed by atoms with Crippen LogP contribution in [-0.2, 0) is 0 Å². The van der Waals surface area contributed by atoms with Gasteiger partial charge in [-0.3, -0.25) is 4.79 Å². The van der Waals surface area contributed by atoms with Crippen LogP contribution in [0, 0.1) is 0 Å². The molecule has 0 saturated carbocycles. The van der Waals surface area contributed by atoms with Crippen LogP contribution in [-0.4, -0.2) is 23.1 Å². The van der Waals surface area contributed by atoms with Gasteiger partial charge < -0.3 is 0 Å². The smallest absolute Gasteiger partial charge is 0.160 e. The zero-order chi connectivity index (χ0) is 10.1. The molecule has 3 radical (unpaired) electrons. The summed E-state index contributed by atoms with van der Waals surface area (Å²) in [4.78, 5) is 11.4. The lowest BCUT2D eigenvalue weighted by molar-refractivity contribution is 0.101. The molecule has 0 spiro atoms. The van der Waals surface area contributed by atoms with Crippen LogP contribution in [0.5, 0.6) is 0 Å². The summed E-state index contributed by atoms with van der Waals surface area (Å²) < 4.78 is 1.03. The second-order valence-corrected chi connectivity index (χ2v) is 4.05. The zero-order valence-electron chi connectivity index (χ0n) is 8.74. The molecule has 16 heavy (non-hydrogen) atoms. The molecule has 1 nitrogen and oxygen atoms in total. The Balaban J connectivity index is 0.00000112. The lowest BCUT2D eigenvalue weighted by atomic mass is 10.0. The Morgan fingerprint density at radius 1 is 1.06 bits per heavy atom. The minimum atomic E-state index is 0. The van der Waals surface area contributed by atoms with Gasteiger partial charge in [-0.05, 0) is 29.8 Å². The Hall–Kier alpha value is -0.328. The molecular formula is C12H10AlBrClO. The van der Waals surface area contributed by atoms with Crippen LogP contribution in [0.4, 0.5) is 0 Å². The van der Waals surface area contributed by atoms with E-state index in [2.05, 4.69) is 15.9 Å².